The summed E-state index contributed by atoms with van der Waals surface area (Å²) in [5.74, 6) is 0.897. The van der Waals surface area contributed by atoms with Gasteiger partial charge in [-0.15, -0.1) is 35.3 Å². The summed E-state index contributed by atoms with van der Waals surface area (Å²) in [4.78, 5) is 8.12. The highest BCUT2D eigenvalue weighted by atomic mass is 127. The summed E-state index contributed by atoms with van der Waals surface area (Å²) in [5.41, 5.74) is 0. The maximum absolute atomic E-state index is 4.25. The van der Waals surface area contributed by atoms with E-state index in [1.165, 1.54) is 17.8 Å². The summed E-state index contributed by atoms with van der Waals surface area (Å²) < 4.78 is 0. The standard InChI is InChI=1S/C15H28N4S.HI/c1-4-11-19(5-2)12-10-18-15(16-3)17-9-8-14-7-6-13-20-14;/h6-7,13H,4-5,8-12H2,1-3H3,(H2,16,17,18);1H. The first kappa shape index (κ1) is 20.7. The number of likely N-dealkylation sites (N-methyl/N-ethyl adjacent to an activating group) is 1. The molecule has 0 spiro atoms. The quantitative estimate of drug-likeness (QED) is 0.364. The molecule has 0 amide bonds. The molecule has 2 N–H and O–H groups in total. The summed E-state index contributed by atoms with van der Waals surface area (Å²) in [5, 5.41) is 8.85. The van der Waals surface area contributed by atoms with Crippen LogP contribution in [-0.2, 0) is 6.42 Å². The van der Waals surface area contributed by atoms with Crippen molar-refractivity contribution in [3.63, 3.8) is 0 Å². The van der Waals surface area contributed by atoms with Crippen molar-refractivity contribution in [3.05, 3.63) is 22.4 Å². The Morgan fingerprint density at radius 3 is 2.57 bits per heavy atom. The first-order valence-corrected chi connectivity index (χ1v) is 8.37. The number of nitrogens with one attached hydrogen (secondary N) is 2. The molecule has 0 radical (unpaired) electrons. The van der Waals surface area contributed by atoms with Gasteiger partial charge in [-0.05, 0) is 37.4 Å². The van der Waals surface area contributed by atoms with E-state index < -0.39 is 0 Å². The Labute approximate surface area is 150 Å². The Bertz CT molecular complexity index is 368. The van der Waals surface area contributed by atoms with Crippen LogP contribution in [0.3, 0.4) is 0 Å². The van der Waals surface area contributed by atoms with Crippen LogP contribution in [0, 0.1) is 0 Å². The Morgan fingerprint density at radius 2 is 2.00 bits per heavy atom. The van der Waals surface area contributed by atoms with Gasteiger partial charge in [0, 0.05) is 31.6 Å². The van der Waals surface area contributed by atoms with Gasteiger partial charge in [-0.3, -0.25) is 4.99 Å². The first-order chi connectivity index (χ1) is 9.80. The van der Waals surface area contributed by atoms with Gasteiger partial charge in [-0.2, -0.15) is 0 Å². The smallest absolute Gasteiger partial charge is 0.191 e. The maximum atomic E-state index is 4.25. The summed E-state index contributed by atoms with van der Waals surface area (Å²) in [6.07, 6.45) is 2.26. The fourth-order valence-electron chi connectivity index (χ4n) is 2.06. The van der Waals surface area contributed by atoms with E-state index in [1.54, 1.807) is 11.3 Å². The Hall–Kier alpha value is -0.340. The fourth-order valence-corrected chi connectivity index (χ4v) is 2.77. The van der Waals surface area contributed by atoms with Gasteiger partial charge in [-0.25, -0.2) is 0 Å². The van der Waals surface area contributed by atoms with Gasteiger partial charge >= 0.3 is 0 Å². The van der Waals surface area contributed by atoms with Gasteiger partial charge < -0.3 is 15.5 Å². The van der Waals surface area contributed by atoms with E-state index in [4.69, 9.17) is 0 Å². The third kappa shape index (κ3) is 9.31. The number of hydrogen-bond acceptors (Lipinski definition) is 3. The second-order valence-electron chi connectivity index (χ2n) is 4.69. The Kier molecular flexibility index (Phi) is 13.1. The van der Waals surface area contributed by atoms with Crippen molar-refractivity contribution in [2.24, 2.45) is 4.99 Å². The Morgan fingerprint density at radius 1 is 1.24 bits per heavy atom. The molecule has 0 bridgehead atoms. The van der Waals surface area contributed by atoms with E-state index in [-0.39, 0.29) is 24.0 Å². The molecule has 21 heavy (non-hydrogen) atoms. The molecule has 0 aliphatic carbocycles. The van der Waals surface area contributed by atoms with Gasteiger partial charge in [-0.1, -0.05) is 19.9 Å². The minimum absolute atomic E-state index is 0. The highest BCUT2D eigenvalue weighted by Gasteiger charge is 2.02. The third-order valence-corrected chi connectivity index (χ3v) is 4.11. The van der Waals surface area contributed by atoms with Crippen molar-refractivity contribution in [3.8, 4) is 0 Å². The van der Waals surface area contributed by atoms with Gasteiger partial charge in [0.1, 0.15) is 0 Å². The first-order valence-electron chi connectivity index (χ1n) is 7.49. The van der Waals surface area contributed by atoms with Gasteiger partial charge in [0.05, 0.1) is 0 Å². The zero-order valence-electron chi connectivity index (χ0n) is 13.4. The topological polar surface area (TPSA) is 39.7 Å². The van der Waals surface area contributed by atoms with E-state index >= 15 is 0 Å². The number of nitrogens with zero attached hydrogens (tertiary/aromatic N) is 2. The number of aliphatic imine (C=N–C) groups is 1. The van der Waals surface area contributed by atoms with Crippen LogP contribution in [0.4, 0.5) is 0 Å². The molecule has 4 nitrogen and oxygen atoms in total. The highest BCUT2D eigenvalue weighted by molar-refractivity contribution is 14.0. The number of guanidine groups is 1. The lowest BCUT2D eigenvalue weighted by Crippen LogP contribution is -2.42. The molecule has 1 aromatic heterocycles. The lowest BCUT2D eigenvalue weighted by atomic mass is 10.3. The lowest BCUT2D eigenvalue weighted by Gasteiger charge is -2.20. The van der Waals surface area contributed by atoms with Crippen LogP contribution in [0.15, 0.2) is 22.5 Å². The number of hydrogen-bond donors (Lipinski definition) is 2. The molecule has 0 aliphatic rings. The fraction of sp³-hybridized carbons (Fsp3) is 0.667. The minimum atomic E-state index is 0. The summed E-state index contributed by atoms with van der Waals surface area (Å²) in [6, 6.07) is 4.27. The average Bonchev–Trinajstić information content (AvgIpc) is 2.97. The maximum Gasteiger partial charge on any atom is 0.191 e. The second-order valence-corrected chi connectivity index (χ2v) is 5.72. The molecule has 0 aromatic carbocycles. The molecule has 0 unspecified atom stereocenters. The van der Waals surface area contributed by atoms with Crippen LogP contribution in [0.2, 0.25) is 0 Å². The van der Waals surface area contributed by atoms with Crippen LogP contribution in [-0.4, -0.2) is 50.6 Å². The van der Waals surface area contributed by atoms with E-state index in [9.17, 15) is 0 Å². The van der Waals surface area contributed by atoms with Crippen molar-refractivity contribution in [1.29, 1.82) is 0 Å². The van der Waals surface area contributed by atoms with E-state index in [0.29, 0.717) is 0 Å². The van der Waals surface area contributed by atoms with Gasteiger partial charge in [0.15, 0.2) is 5.96 Å². The molecule has 1 aromatic rings. The normalized spacial score (nSPS) is 11.3. The van der Waals surface area contributed by atoms with Crippen molar-refractivity contribution in [2.45, 2.75) is 26.7 Å². The number of halogens is 1. The molecule has 0 atom stereocenters. The van der Waals surface area contributed by atoms with E-state index in [1.807, 2.05) is 7.05 Å². The largest absolute Gasteiger partial charge is 0.356 e. The average molecular weight is 424 g/mol. The van der Waals surface area contributed by atoms with Crippen molar-refractivity contribution < 1.29 is 0 Å². The Balaban J connectivity index is 0.00000400. The van der Waals surface area contributed by atoms with Crippen molar-refractivity contribution in [2.75, 3.05) is 39.8 Å². The van der Waals surface area contributed by atoms with Crippen LogP contribution in [0.1, 0.15) is 25.1 Å². The number of thiophene rings is 1. The molecule has 0 saturated carbocycles. The predicted molar refractivity (Wildman–Crippen MR) is 105 cm³/mol. The zero-order valence-corrected chi connectivity index (χ0v) is 16.5. The van der Waals surface area contributed by atoms with Crippen molar-refractivity contribution >= 4 is 41.3 Å². The van der Waals surface area contributed by atoms with E-state index in [2.05, 4.69) is 51.9 Å². The molecular formula is C15H29IN4S. The molecule has 122 valence electrons. The molecule has 1 rings (SSSR count). The van der Waals surface area contributed by atoms with Gasteiger partial charge in [0.2, 0.25) is 0 Å². The monoisotopic (exact) mass is 424 g/mol. The van der Waals surface area contributed by atoms with Crippen molar-refractivity contribution in [1.82, 2.24) is 15.5 Å². The zero-order chi connectivity index (χ0) is 14.6. The molecule has 6 heteroatoms. The third-order valence-electron chi connectivity index (χ3n) is 3.18. The molecule has 0 aliphatic heterocycles. The minimum Gasteiger partial charge on any atom is -0.356 e. The predicted octanol–water partition coefficient (Wildman–Crippen LogP) is 2.81. The van der Waals surface area contributed by atoms with E-state index in [0.717, 1.165) is 38.6 Å². The highest BCUT2D eigenvalue weighted by Crippen LogP contribution is 2.07. The molecular weight excluding hydrogens is 395 g/mol. The summed E-state index contributed by atoms with van der Waals surface area (Å²) in [6.45, 7) is 9.64. The lowest BCUT2D eigenvalue weighted by molar-refractivity contribution is 0.293. The number of rotatable bonds is 9. The molecule has 0 saturated heterocycles. The molecule has 0 fully saturated rings. The van der Waals surface area contributed by atoms with Gasteiger partial charge in [0.25, 0.3) is 0 Å². The van der Waals surface area contributed by atoms with Crippen LogP contribution < -0.4 is 10.6 Å². The van der Waals surface area contributed by atoms with Crippen LogP contribution in [0.5, 0.6) is 0 Å². The van der Waals surface area contributed by atoms with Crippen LogP contribution in [0.25, 0.3) is 0 Å². The van der Waals surface area contributed by atoms with Crippen LogP contribution >= 0.6 is 35.3 Å². The second kappa shape index (κ2) is 13.3. The SMILES string of the molecule is CCCN(CC)CCNC(=NC)NCCc1cccs1.I. The molecule has 1 heterocycles. The summed E-state index contributed by atoms with van der Waals surface area (Å²) >= 11 is 1.81. The summed E-state index contributed by atoms with van der Waals surface area (Å²) in [7, 11) is 1.82.